The largest absolute Gasteiger partial charge is 0.197 e. The molecule has 0 spiro atoms. The Hall–Kier alpha value is -3.36. The predicted molar refractivity (Wildman–Crippen MR) is 118 cm³/mol. The Bertz CT molecular complexity index is 1170. The molecule has 3 aliphatic carbocycles. The summed E-state index contributed by atoms with van der Waals surface area (Å²) in [6.45, 7) is 6.24. The van der Waals surface area contributed by atoms with Crippen LogP contribution in [0.3, 0.4) is 0 Å². The quantitative estimate of drug-likeness (QED) is 0.559. The molecule has 0 bridgehead atoms. The first-order valence-corrected chi connectivity index (χ1v) is 10.1. The van der Waals surface area contributed by atoms with Gasteiger partial charge in [-0.1, -0.05) is 54.2 Å². The van der Waals surface area contributed by atoms with Crippen LogP contribution in [0.15, 0.2) is 71.4 Å². The number of allylic oxidation sites excluding steroid dienone is 12. The van der Waals surface area contributed by atoms with Gasteiger partial charge in [-0.3, -0.25) is 0 Å². The van der Waals surface area contributed by atoms with Crippen molar-refractivity contribution in [3.8, 4) is 12.1 Å². The van der Waals surface area contributed by atoms with Crippen molar-refractivity contribution in [1.82, 2.24) is 0 Å². The Morgan fingerprint density at radius 3 is 2.48 bits per heavy atom. The number of hydrogen-bond acceptors (Lipinski definition) is 2. The molecule has 1 atom stereocenters. The molecule has 3 aliphatic rings. The molecule has 0 aromatic heterocycles. The van der Waals surface area contributed by atoms with Gasteiger partial charge in [0.15, 0.2) is 0 Å². The van der Waals surface area contributed by atoms with Gasteiger partial charge in [0.1, 0.15) is 0 Å². The lowest BCUT2D eigenvalue weighted by Gasteiger charge is -2.23. The summed E-state index contributed by atoms with van der Waals surface area (Å²) in [6.07, 6.45) is 17.0. The lowest BCUT2D eigenvalue weighted by atomic mass is 9.81. The summed E-state index contributed by atoms with van der Waals surface area (Å²) in [5.74, 6) is 0. The maximum absolute atomic E-state index is 9.51. The number of benzene rings is 1. The minimum Gasteiger partial charge on any atom is -0.197 e. The second-order valence-corrected chi connectivity index (χ2v) is 8.36. The Morgan fingerprint density at radius 2 is 1.72 bits per heavy atom. The van der Waals surface area contributed by atoms with Gasteiger partial charge in [0.2, 0.25) is 0 Å². The average molecular weight is 377 g/mol. The Labute approximate surface area is 173 Å². The zero-order valence-corrected chi connectivity index (χ0v) is 17.2. The number of hydrogen-bond donors (Lipinski definition) is 0. The van der Waals surface area contributed by atoms with Crippen LogP contribution >= 0.6 is 0 Å². The molecule has 0 heterocycles. The fourth-order valence-corrected chi connectivity index (χ4v) is 4.35. The molecule has 1 aromatic carbocycles. The molecule has 0 aliphatic heterocycles. The van der Waals surface area contributed by atoms with E-state index in [9.17, 15) is 10.5 Å². The molecular weight excluding hydrogens is 352 g/mol. The highest BCUT2D eigenvalue weighted by atomic mass is 14.3. The maximum Gasteiger partial charge on any atom is 0.0950 e. The van der Waals surface area contributed by atoms with Crippen LogP contribution in [0.2, 0.25) is 0 Å². The van der Waals surface area contributed by atoms with Gasteiger partial charge in [0, 0.05) is 12.0 Å². The van der Waals surface area contributed by atoms with Crippen LogP contribution < -0.4 is 0 Å². The number of aryl methyl sites for hydroxylation is 2. The van der Waals surface area contributed by atoms with Crippen LogP contribution in [0.5, 0.6) is 0 Å². The molecule has 0 radical (unpaired) electrons. The highest BCUT2D eigenvalue weighted by molar-refractivity contribution is 5.86. The van der Waals surface area contributed by atoms with Crippen molar-refractivity contribution in [3.05, 3.63) is 93.6 Å². The van der Waals surface area contributed by atoms with E-state index in [1.165, 1.54) is 44.5 Å². The third-order valence-corrected chi connectivity index (χ3v) is 6.13. The third-order valence-electron chi connectivity index (χ3n) is 6.13. The van der Waals surface area contributed by atoms with Crippen LogP contribution in [-0.4, -0.2) is 0 Å². The van der Waals surface area contributed by atoms with Crippen LogP contribution in [0.1, 0.15) is 48.9 Å². The number of fused-ring (bicyclic) bond motifs is 2. The Balaban J connectivity index is 1.80. The van der Waals surface area contributed by atoms with Gasteiger partial charge in [0.25, 0.3) is 0 Å². The molecule has 1 unspecified atom stereocenters. The molecule has 0 amide bonds. The van der Waals surface area contributed by atoms with Gasteiger partial charge < -0.3 is 0 Å². The molecule has 1 aromatic rings. The fourth-order valence-electron chi connectivity index (χ4n) is 4.35. The van der Waals surface area contributed by atoms with Crippen molar-refractivity contribution >= 4 is 11.1 Å². The summed E-state index contributed by atoms with van der Waals surface area (Å²) in [5, 5.41) is 18.8. The molecular formula is C27H24N2. The normalized spacial score (nSPS) is 22.9. The van der Waals surface area contributed by atoms with Crippen LogP contribution in [0, 0.1) is 35.0 Å². The summed E-state index contributed by atoms with van der Waals surface area (Å²) < 4.78 is 0. The Kier molecular flexibility index (Phi) is 4.73. The average Bonchev–Trinajstić information content (AvgIpc) is 3.02. The van der Waals surface area contributed by atoms with E-state index in [1.54, 1.807) is 0 Å². The predicted octanol–water partition coefficient (Wildman–Crippen LogP) is 6.53. The number of nitriles is 2. The molecule has 0 N–H and O–H groups in total. The zero-order chi connectivity index (χ0) is 20.6. The molecule has 0 fully saturated rings. The van der Waals surface area contributed by atoms with Gasteiger partial charge in [0.05, 0.1) is 17.6 Å². The van der Waals surface area contributed by atoms with Gasteiger partial charge in [-0.05, 0) is 78.7 Å². The monoisotopic (exact) mass is 376 g/mol. The topological polar surface area (TPSA) is 47.6 Å². The first kappa shape index (κ1) is 19.0. The van der Waals surface area contributed by atoms with E-state index >= 15 is 0 Å². The van der Waals surface area contributed by atoms with Gasteiger partial charge in [-0.15, -0.1) is 0 Å². The minimum atomic E-state index is -0.551. The summed E-state index contributed by atoms with van der Waals surface area (Å²) in [5.41, 5.74) is 10.4. The van der Waals surface area contributed by atoms with E-state index in [0.29, 0.717) is 6.42 Å². The van der Waals surface area contributed by atoms with Crippen molar-refractivity contribution in [2.24, 2.45) is 5.41 Å². The molecule has 2 heteroatoms. The molecule has 29 heavy (non-hydrogen) atoms. The van der Waals surface area contributed by atoms with E-state index in [1.807, 2.05) is 31.2 Å². The van der Waals surface area contributed by atoms with E-state index in [-0.39, 0.29) is 0 Å². The second-order valence-electron chi connectivity index (χ2n) is 8.36. The van der Waals surface area contributed by atoms with E-state index in [2.05, 4.69) is 56.3 Å². The third kappa shape index (κ3) is 3.43. The van der Waals surface area contributed by atoms with E-state index < -0.39 is 5.41 Å². The standard InChI is InChI=1S/C27H24N2/c1-18-13-20(16-28)5-4-6-23(18)25-15-22-8-7-21-9-11-27(3,17-29)12-10-24(21)26(22)14-19(25)2/h4-6,9-12,14-15H,7-8,13H2,1-3H3. The van der Waals surface area contributed by atoms with Gasteiger partial charge in [-0.25, -0.2) is 0 Å². The first-order valence-electron chi connectivity index (χ1n) is 10.1. The highest BCUT2D eigenvalue weighted by Gasteiger charge is 2.24. The lowest BCUT2D eigenvalue weighted by molar-refractivity contribution is 0.736. The summed E-state index contributed by atoms with van der Waals surface area (Å²) in [6, 6.07) is 9.32. The maximum atomic E-state index is 9.51. The van der Waals surface area contributed by atoms with E-state index in [0.717, 1.165) is 18.4 Å². The van der Waals surface area contributed by atoms with Crippen LogP contribution in [0.4, 0.5) is 0 Å². The van der Waals surface area contributed by atoms with Gasteiger partial charge in [-0.2, -0.15) is 10.5 Å². The zero-order valence-electron chi connectivity index (χ0n) is 17.2. The van der Waals surface area contributed by atoms with Crippen molar-refractivity contribution in [2.45, 2.75) is 40.0 Å². The number of nitrogens with zero attached hydrogens (tertiary/aromatic N) is 2. The summed E-state index contributed by atoms with van der Waals surface area (Å²) in [4.78, 5) is 0. The summed E-state index contributed by atoms with van der Waals surface area (Å²) >= 11 is 0. The van der Waals surface area contributed by atoms with Gasteiger partial charge >= 0.3 is 0 Å². The van der Waals surface area contributed by atoms with Crippen LogP contribution in [-0.2, 0) is 6.42 Å². The Morgan fingerprint density at radius 1 is 0.931 bits per heavy atom. The van der Waals surface area contributed by atoms with Crippen molar-refractivity contribution in [1.29, 1.82) is 10.5 Å². The first-order chi connectivity index (χ1) is 13.9. The lowest BCUT2D eigenvalue weighted by Crippen LogP contribution is -2.05. The fraction of sp³-hybridized carbons (Fsp3) is 0.259. The smallest absolute Gasteiger partial charge is 0.0950 e. The molecule has 4 rings (SSSR count). The molecule has 2 nitrogen and oxygen atoms in total. The minimum absolute atomic E-state index is 0.551. The molecule has 0 saturated heterocycles. The van der Waals surface area contributed by atoms with Crippen LogP contribution in [0.25, 0.3) is 11.1 Å². The van der Waals surface area contributed by atoms with Crippen molar-refractivity contribution < 1.29 is 0 Å². The number of rotatable bonds is 1. The molecule has 0 saturated carbocycles. The summed E-state index contributed by atoms with van der Waals surface area (Å²) in [7, 11) is 0. The second kappa shape index (κ2) is 7.23. The van der Waals surface area contributed by atoms with E-state index in [4.69, 9.17) is 0 Å². The molecule has 142 valence electrons. The SMILES string of the molecule is CC1=C(c2cc3c(cc2C)C2=C(C=CC(C)(C#N)C=C2)CC3)C=CC=C(C#N)C1. The van der Waals surface area contributed by atoms with Crippen molar-refractivity contribution in [2.75, 3.05) is 0 Å². The van der Waals surface area contributed by atoms with Crippen molar-refractivity contribution in [3.63, 3.8) is 0 Å². The highest BCUT2D eigenvalue weighted by Crippen LogP contribution is 2.40.